The predicted molar refractivity (Wildman–Crippen MR) is 67.7 cm³/mol. The van der Waals surface area contributed by atoms with Gasteiger partial charge in [-0.05, 0) is 34.8 Å². The largest absolute Gasteiger partial charge is 0.284 e. The Kier molecular flexibility index (Phi) is 4.54. The maximum atomic E-state index is 13.6. The minimum atomic E-state index is -4.19. The van der Waals surface area contributed by atoms with E-state index in [1.807, 2.05) is 4.89 Å². The van der Waals surface area contributed by atoms with Gasteiger partial charge < -0.3 is 0 Å². The Morgan fingerprint density at radius 1 is 1.26 bits per heavy atom. The van der Waals surface area contributed by atoms with E-state index in [4.69, 9.17) is 4.84 Å². The Labute approximate surface area is 118 Å². The summed E-state index contributed by atoms with van der Waals surface area (Å²) in [6.07, 6.45) is 3.27. The summed E-state index contributed by atoms with van der Waals surface area (Å²) in [7, 11) is -4.19. The minimum absolute atomic E-state index is 0.187. The van der Waals surface area contributed by atoms with Crippen molar-refractivity contribution in [1.82, 2.24) is 4.89 Å². The maximum Gasteiger partial charge on any atom is 0.266 e. The van der Waals surface area contributed by atoms with Gasteiger partial charge in [-0.25, -0.2) is 17.2 Å². The van der Waals surface area contributed by atoms with Gasteiger partial charge in [0.2, 0.25) is 0 Å². The quantitative estimate of drug-likeness (QED) is 0.845. The molecule has 0 aliphatic heterocycles. The number of sulfonamides is 1. The summed E-state index contributed by atoms with van der Waals surface area (Å²) >= 11 is 2.83. The molecule has 1 saturated carbocycles. The molecule has 0 atom stereocenters. The zero-order valence-electron chi connectivity index (χ0n) is 9.83. The second-order valence-corrected chi connectivity index (χ2v) is 6.75. The Morgan fingerprint density at radius 2 is 1.89 bits per heavy atom. The Hall–Kier alpha value is -0.570. The highest BCUT2D eigenvalue weighted by Crippen LogP contribution is 2.27. The molecular formula is C11H12BrF2NO3S. The first kappa shape index (κ1) is 14.8. The summed E-state index contributed by atoms with van der Waals surface area (Å²) in [6.45, 7) is 0. The van der Waals surface area contributed by atoms with Crippen molar-refractivity contribution in [2.45, 2.75) is 36.7 Å². The molecule has 0 unspecified atom stereocenters. The molecule has 0 bridgehead atoms. The molecule has 106 valence electrons. The molecule has 0 radical (unpaired) electrons. The molecule has 1 fully saturated rings. The number of rotatable bonds is 4. The summed E-state index contributed by atoms with van der Waals surface area (Å²) in [4.78, 5) is 6.28. The van der Waals surface area contributed by atoms with Crippen LogP contribution in [0.15, 0.2) is 21.5 Å². The Balaban J connectivity index is 2.19. The highest BCUT2D eigenvalue weighted by Gasteiger charge is 2.26. The summed E-state index contributed by atoms with van der Waals surface area (Å²) in [5.41, 5.74) is 0. The van der Waals surface area contributed by atoms with E-state index in [1.165, 1.54) is 0 Å². The van der Waals surface area contributed by atoms with Gasteiger partial charge in [-0.15, -0.1) is 0 Å². The number of hydrogen-bond donors (Lipinski definition) is 1. The third kappa shape index (κ3) is 3.50. The van der Waals surface area contributed by atoms with Crippen LogP contribution in [-0.4, -0.2) is 14.5 Å². The monoisotopic (exact) mass is 355 g/mol. The van der Waals surface area contributed by atoms with Gasteiger partial charge in [-0.2, -0.15) is 0 Å². The number of nitrogens with one attached hydrogen (secondary N) is 1. The molecule has 0 aromatic heterocycles. The molecular weight excluding hydrogens is 344 g/mol. The molecule has 0 saturated heterocycles. The van der Waals surface area contributed by atoms with E-state index in [-0.39, 0.29) is 10.6 Å². The van der Waals surface area contributed by atoms with Gasteiger partial charge in [0.05, 0.1) is 6.10 Å². The van der Waals surface area contributed by atoms with E-state index in [2.05, 4.69) is 15.9 Å². The number of halogens is 3. The fourth-order valence-corrected chi connectivity index (χ4v) is 3.99. The average Bonchev–Trinajstić information content (AvgIpc) is 2.77. The zero-order valence-corrected chi connectivity index (χ0v) is 12.2. The topological polar surface area (TPSA) is 55.4 Å². The van der Waals surface area contributed by atoms with Crippen molar-refractivity contribution in [1.29, 1.82) is 0 Å². The third-order valence-electron chi connectivity index (χ3n) is 2.86. The van der Waals surface area contributed by atoms with Gasteiger partial charge in [0.25, 0.3) is 10.0 Å². The lowest BCUT2D eigenvalue weighted by Gasteiger charge is -2.13. The SMILES string of the molecule is O=S(=O)(NOC1CCCC1)c1c(F)cc(F)cc1Br. The molecule has 1 N–H and O–H groups in total. The maximum absolute atomic E-state index is 13.6. The Bertz CT molecular complexity index is 550. The molecule has 0 amide bonds. The lowest BCUT2D eigenvalue weighted by Crippen LogP contribution is -2.29. The second kappa shape index (κ2) is 5.82. The lowest BCUT2D eigenvalue weighted by atomic mass is 10.3. The normalized spacial score (nSPS) is 17.0. The first-order valence-corrected chi connectivity index (χ1v) is 8.00. The van der Waals surface area contributed by atoms with E-state index in [0.717, 1.165) is 31.7 Å². The first-order valence-electron chi connectivity index (χ1n) is 5.72. The van der Waals surface area contributed by atoms with Crippen LogP contribution in [0.1, 0.15) is 25.7 Å². The average molecular weight is 356 g/mol. The first-order chi connectivity index (χ1) is 8.90. The number of hydrogen-bond acceptors (Lipinski definition) is 3. The van der Waals surface area contributed by atoms with Gasteiger partial charge in [0, 0.05) is 10.5 Å². The van der Waals surface area contributed by atoms with Crippen LogP contribution < -0.4 is 4.89 Å². The van der Waals surface area contributed by atoms with Gasteiger partial charge in [0.15, 0.2) is 0 Å². The van der Waals surface area contributed by atoms with Gasteiger partial charge in [-0.3, -0.25) is 4.84 Å². The zero-order chi connectivity index (χ0) is 14.0. The van der Waals surface area contributed by atoms with Crippen LogP contribution in [0.4, 0.5) is 8.78 Å². The van der Waals surface area contributed by atoms with Crippen molar-refractivity contribution in [3.05, 3.63) is 28.2 Å². The van der Waals surface area contributed by atoms with Crippen molar-refractivity contribution >= 4 is 26.0 Å². The van der Waals surface area contributed by atoms with Gasteiger partial charge >= 0.3 is 0 Å². The summed E-state index contributed by atoms with van der Waals surface area (Å²) < 4.78 is 50.1. The smallest absolute Gasteiger partial charge is 0.266 e. The molecule has 1 aliphatic carbocycles. The molecule has 1 aliphatic rings. The molecule has 2 rings (SSSR count). The van der Waals surface area contributed by atoms with E-state index >= 15 is 0 Å². The minimum Gasteiger partial charge on any atom is -0.284 e. The van der Waals surface area contributed by atoms with Crippen molar-refractivity contribution < 1.29 is 22.0 Å². The van der Waals surface area contributed by atoms with E-state index in [9.17, 15) is 17.2 Å². The summed E-state index contributed by atoms with van der Waals surface area (Å²) in [5.74, 6) is -2.03. The van der Waals surface area contributed by atoms with Crippen LogP contribution in [0, 0.1) is 11.6 Å². The fourth-order valence-electron chi connectivity index (χ4n) is 1.96. The molecule has 19 heavy (non-hydrogen) atoms. The van der Waals surface area contributed by atoms with Crippen molar-refractivity contribution in [2.24, 2.45) is 0 Å². The van der Waals surface area contributed by atoms with Crippen molar-refractivity contribution in [2.75, 3.05) is 0 Å². The van der Waals surface area contributed by atoms with Gasteiger partial charge in [-0.1, -0.05) is 17.7 Å². The van der Waals surface area contributed by atoms with Crippen LogP contribution in [0.2, 0.25) is 0 Å². The summed E-state index contributed by atoms with van der Waals surface area (Å²) in [5, 5.41) is 0. The molecule has 8 heteroatoms. The van der Waals surface area contributed by atoms with Crippen LogP contribution in [0.25, 0.3) is 0 Å². The van der Waals surface area contributed by atoms with Crippen molar-refractivity contribution in [3.63, 3.8) is 0 Å². The van der Waals surface area contributed by atoms with Crippen molar-refractivity contribution in [3.8, 4) is 0 Å². The highest BCUT2D eigenvalue weighted by atomic mass is 79.9. The fraction of sp³-hybridized carbons (Fsp3) is 0.455. The number of benzene rings is 1. The predicted octanol–water partition coefficient (Wildman–Crippen LogP) is 2.88. The molecule has 1 aromatic carbocycles. The van der Waals surface area contributed by atoms with E-state index < -0.39 is 26.6 Å². The van der Waals surface area contributed by atoms with Crippen LogP contribution >= 0.6 is 15.9 Å². The molecule has 1 aromatic rings. The highest BCUT2D eigenvalue weighted by molar-refractivity contribution is 9.10. The van der Waals surface area contributed by atoms with E-state index in [1.54, 1.807) is 0 Å². The van der Waals surface area contributed by atoms with Crippen LogP contribution in [0.5, 0.6) is 0 Å². The van der Waals surface area contributed by atoms with E-state index in [0.29, 0.717) is 6.07 Å². The van der Waals surface area contributed by atoms with Gasteiger partial charge in [0.1, 0.15) is 16.5 Å². The Morgan fingerprint density at radius 3 is 2.47 bits per heavy atom. The molecule has 0 heterocycles. The molecule has 4 nitrogen and oxygen atoms in total. The van der Waals surface area contributed by atoms with Crippen LogP contribution in [0.3, 0.4) is 0 Å². The standard InChI is InChI=1S/C11H12BrF2NO3S/c12-9-5-7(13)6-10(14)11(9)19(16,17)15-18-8-3-1-2-4-8/h5-6,8,15H,1-4H2. The second-order valence-electron chi connectivity index (χ2n) is 4.31. The lowest BCUT2D eigenvalue weighted by molar-refractivity contribution is 0.0222. The molecule has 0 spiro atoms. The van der Waals surface area contributed by atoms with Crippen LogP contribution in [-0.2, 0) is 14.9 Å². The summed E-state index contributed by atoms with van der Waals surface area (Å²) in [6, 6.07) is 1.39. The third-order valence-corrected chi connectivity index (χ3v) is 5.01.